The van der Waals surface area contributed by atoms with Crippen molar-refractivity contribution in [2.45, 2.75) is 46.1 Å². The molecular formula is C17H24N4OS. The molecule has 6 heteroatoms. The highest BCUT2D eigenvalue weighted by Gasteiger charge is 2.24. The van der Waals surface area contributed by atoms with E-state index in [1.165, 1.54) is 5.56 Å². The van der Waals surface area contributed by atoms with Crippen LogP contribution in [0.3, 0.4) is 0 Å². The van der Waals surface area contributed by atoms with Gasteiger partial charge in [0.1, 0.15) is 5.82 Å². The summed E-state index contributed by atoms with van der Waals surface area (Å²) >= 11 is 5.65. The van der Waals surface area contributed by atoms with Crippen LogP contribution in [0.25, 0.3) is 0 Å². The highest BCUT2D eigenvalue weighted by atomic mass is 32.1. The number of nitrogens with zero attached hydrogens (tertiary/aromatic N) is 4. The Morgan fingerprint density at radius 2 is 2.00 bits per heavy atom. The first-order chi connectivity index (χ1) is 11.0. The van der Waals surface area contributed by atoms with Crippen molar-refractivity contribution in [3.63, 3.8) is 0 Å². The number of ether oxygens (including phenoxy) is 1. The molecule has 1 fully saturated rings. The lowest BCUT2D eigenvalue weighted by atomic mass is 10.2. The molecule has 0 radical (unpaired) electrons. The van der Waals surface area contributed by atoms with Crippen LogP contribution in [0.4, 0.5) is 0 Å². The summed E-state index contributed by atoms with van der Waals surface area (Å²) in [4.78, 5) is 2.38. The molecule has 1 aromatic heterocycles. The van der Waals surface area contributed by atoms with Gasteiger partial charge in [-0.25, -0.2) is 4.68 Å². The number of aromatic nitrogens is 3. The van der Waals surface area contributed by atoms with Crippen molar-refractivity contribution in [3.05, 3.63) is 46.5 Å². The molecule has 2 atom stereocenters. The Morgan fingerprint density at radius 1 is 1.26 bits per heavy atom. The van der Waals surface area contributed by atoms with Gasteiger partial charge >= 0.3 is 0 Å². The maximum absolute atomic E-state index is 5.69. The first kappa shape index (κ1) is 16.4. The Morgan fingerprint density at radius 3 is 2.74 bits per heavy atom. The van der Waals surface area contributed by atoms with Gasteiger partial charge in [-0.15, -0.1) is 0 Å². The van der Waals surface area contributed by atoms with Crippen LogP contribution in [0.2, 0.25) is 0 Å². The van der Waals surface area contributed by atoms with Crippen molar-refractivity contribution in [2.24, 2.45) is 0 Å². The quantitative estimate of drug-likeness (QED) is 0.807. The van der Waals surface area contributed by atoms with Gasteiger partial charge in [0, 0.05) is 12.6 Å². The van der Waals surface area contributed by atoms with Gasteiger partial charge in [0.2, 0.25) is 0 Å². The Kier molecular flexibility index (Phi) is 4.94. The topological polar surface area (TPSA) is 35.2 Å². The molecule has 1 saturated heterocycles. The van der Waals surface area contributed by atoms with E-state index in [9.17, 15) is 0 Å². The van der Waals surface area contributed by atoms with Gasteiger partial charge in [-0.3, -0.25) is 9.47 Å². The Bertz CT molecular complexity index is 709. The minimum atomic E-state index is 0.257. The van der Waals surface area contributed by atoms with Gasteiger partial charge in [0.15, 0.2) is 4.77 Å². The lowest BCUT2D eigenvalue weighted by Gasteiger charge is -2.36. The molecule has 124 valence electrons. The van der Waals surface area contributed by atoms with Crippen LogP contribution in [0, 0.1) is 11.7 Å². The number of benzene rings is 1. The average Bonchev–Trinajstić information content (AvgIpc) is 2.80. The monoisotopic (exact) mass is 332 g/mol. The summed E-state index contributed by atoms with van der Waals surface area (Å²) in [5.41, 5.74) is 1.24. The summed E-state index contributed by atoms with van der Waals surface area (Å²) in [5.74, 6) is 0.952. The molecule has 3 rings (SSSR count). The molecule has 0 amide bonds. The third-order valence-corrected chi connectivity index (χ3v) is 4.77. The van der Waals surface area contributed by atoms with Crippen molar-refractivity contribution in [1.82, 2.24) is 19.2 Å². The Balaban J connectivity index is 1.79. The normalized spacial score (nSPS) is 22.4. The summed E-state index contributed by atoms with van der Waals surface area (Å²) in [6.45, 7) is 9.46. The molecule has 5 nitrogen and oxygen atoms in total. The van der Waals surface area contributed by atoms with E-state index >= 15 is 0 Å². The van der Waals surface area contributed by atoms with Crippen molar-refractivity contribution >= 4 is 12.2 Å². The van der Waals surface area contributed by atoms with Gasteiger partial charge in [0.25, 0.3) is 0 Å². The van der Waals surface area contributed by atoms with E-state index < -0.39 is 0 Å². The number of aryl methyl sites for hydroxylation is 1. The van der Waals surface area contributed by atoms with Gasteiger partial charge < -0.3 is 4.74 Å². The second kappa shape index (κ2) is 6.95. The summed E-state index contributed by atoms with van der Waals surface area (Å²) < 4.78 is 10.5. The smallest absolute Gasteiger partial charge is 0.199 e. The molecule has 0 bridgehead atoms. The standard InChI is InChI=1S/C17H24N4OS/c1-13-11-22-14(2)9-19(13)12-21-17(23)20(15(3)18-21)10-16-7-5-4-6-8-16/h4-8,13-14H,9-12H2,1-3H3. The van der Waals surface area contributed by atoms with Crippen LogP contribution < -0.4 is 0 Å². The summed E-state index contributed by atoms with van der Waals surface area (Å²) in [7, 11) is 0. The predicted octanol–water partition coefficient (Wildman–Crippen LogP) is 2.84. The molecule has 2 unspecified atom stereocenters. The van der Waals surface area contributed by atoms with Gasteiger partial charge in [-0.1, -0.05) is 30.3 Å². The zero-order valence-electron chi connectivity index (χ0n) is 14.0. The van der Waals surface area contributed by atoms with Crippen molar-refractivity contribution in [1.29, 1.82) is 0 Å². The van der Waals surface area contributed by atoms with Gasteiger partial charge in [-0.05, 0) is 38.6 Å². The zero-order valence-corrected chi connectivity index (χ0v) is 14.8. The molecule has 2 aromatic rings. The van der Waals surface area contributed by atoms with E-state index in [4.69, 9.17) is 17.0 Å². The highest BCUT2D eigenvalue weighted by Crippen LogP contribution is 2.14. The van der Waals surface area contributed by atoms with Crippen molar-refractivity contribution in [2.75, 3.05) is 13.2 Å². The van der Waals surface area contributed by atoms with Crippen LogP contribution in [-0.4, -0.2) is 44.5 Å². The van der Waals surface area contributed by atoms with Crippen LogP contribution >= 0.6 is 12.2 Å². The second-order valence-electron chi connectivity index (χ2n) is 6.31. The maximum Gasteiger partial charge on any atom is 0.199 e. The van der Waals surface area contributed by atoms with Gasteiger partial charge in [0.05, 0.1) is 25.9 Å². The molecule has 0 saturated carbocycles. The van der Waals surface area contributed by atoms with E-state index in [1.54, 1.807) is 0 Å². The van der Waals surface area contributed by atoms with Crippen LogP contribution in [-0.2, 0) is 18.0 Å². The van der Waals surface area contributed by atoms with Crippen LogP contribution in [0.1, 0.15) is 25.2 Å². The van der Waals surface area contributed by atoms with E-state index in [2.05, 4.69) is 52.7 Å². The molecule has 0 aliphatic carbocycles. The van der Waals surface area contributed by atoms with E-state index in [0.717, 1.165) is 37.0 Å². The predicted molar refractivity (Wildman–Crippen MR) is 92.9 cm³/mol. The lowest BCUT2D eigenvalue weighted by molar-refractivity contribution is -0.0625. The Labute approximate surface area is 142 Å². The molecule has 1 aliphatic rings. The summed E-state index contributed by atoms with van der Waals surface area (Å²) in [5, 5.41) is 4.65. The fourth-order valence-corrected chi connectivity index (χ4v) is 3.23. The number of hydrogen-bond donors (Lipinski definition) is 0. The third kappa shape index (κ3) is 3.71. The summed E-state index contributed by atoms with van der Waals surface area (Å²) in [6, 6.07) is 10.7. The summed E-state index contributed by atoms with van der Waals surface area (Å²) in [6.07, 6.45) is 0.257. The molecular weight excluding hydrogens is 308 g/mol. The molecule has 0 N–H and O–H groups in total. The van der Waals surface area contributed by atoms with Crippen molar-refractivity contribution < 1.29 is 4.74 Å². The molecule has 2 heterocycles. The minimum Gasteiger partial charge on any atom is -0.376 e. The minimum absolute atomic E-state index is 0.257. The average molecular weight is 332 g/mol. The molecule has 1 aromatic carbocycles. The number of rotatable bonds is 4. The highest BCUT2D eigenvalue weighted by molar-refractivity contribution is 7.71. The van der Waals surface area contributed by atoms with Gasteiger partial charge in [-0.2, -0.15) is 5.10 Å². The lowest BCUT2D eigenvalue weighted by Crippen LogP contribution is -2.47. The largest absolute Gasteiger partial charge is 0.376 e. The Hall–Kier alpha value is -1.50. The van der Waals surface area contributed by atoms with Crippen LogP contribution in [0.15, 0.2) is 30.3 Å². The zero-order chi connectivity index (χ0) is 16.4. The first-order valence-electron chi connectivity index (χ1n) is 8.08. The number of hydrogen-bond acceptors (Lipinski definition) is 4. The van der Waals surface area contributed by atoms with E-state index in [-0.39, 0.29) is 6.10 Å². The fraction of sp³-hybridized carbons (Fsp3) is 0.529. The second-order valence-corrected chi connectivity index (χ2v) is 6.67. The van der Waals surface area contributed by atoms with E-state index in [1.807, 2.05) is 17.7 Å². The molecule has 23 heavy (non-hydrogen) atoms. The fourth-order valence-electron chi connectivity index (χ4n) is 2.93. The van der Waals surface area contributed by atoms with Crippen molar-refractivity contribution in [3.8, 4) is 0 Å². The van der Waals surface area contributed by atoms with Crippen LogP contribution in [0.5, 0.6) is 0 Å². The first-order valence-corrected chi connectivity index (χ1v) is 8.49. The van der Waals surface area contributed by atoms with E-state index in [0.29, 0.717) is 6.04 Å². The molecule has 1 aliphatic heterocycles. The SMILES string of the molecule is Cc1nn(CN2CC(C)OCC2C)c(=S)n1Cc1ccccc1. The third-order valence-electron chi connectivity index (χ3n) is 4.34. The molecule has 0 spiro atoms. The number of morpholine rings is 1. The maximum atomic E-state index is 5.69.